The highest BCUT2D eigenvalue weighted by Gasteiger charge is 2.21. The van der Waals surface area contributed by atoms with Crippen LogP contribution in [0.4, 0.5) is 0 Å². The van der Waals surface area contributed by atoms with E-state index in [0.717, 1.165) is 5.56 Å². The first-order chi connectivity index (χ1) is 9.56. The van der Waals surface area contributed by atoms with Gasteiger partial charge in [0.05, 0.1) is 5.56 Å². The molecule has 0 saturated heterocycles. The summed E-state index contributed by atoms with van der Waals surface area (Å²) in [6, 6.07) is 6.85. The third kappa shape index (κ3) is 3.58. The van der Waals surface area contributed by atoms with Gasteiger partial charge >= 0.3 is 5.97 Å². The number of phenols is 1. The molecule has 1 aromatic carbocycles. The number of amides is 1. The summed E-state index contributed by atoms with van der Waals surface area (Å²) in [6.07, 6.45) is 0.158. The zero-order chi connectivity index (χ0) is 14.5. The van der Waals surface area contributed by atoms with Crippen molar-refractivity contribution < 1.29 is 19.8 Å². The minimum absolute atomic E-state index is 0.114. The quantitative estimate of drug-likeness (QED) is 0.785. The zero-order valence-corrected chi connectivity index (χ0v) is 11.3. The number of nitrogens with one attached hydrogen (secondary N) is 1. The smallest absolute Gasteiger partial charge is 0.326 e. The van der Waals surface area contributed by atoms with E-state index in [0.29, 0.717) is 5.56 Å². The van der Waals surface area contributed by atoms with Gasteiger partial charge in [-0.3, -0.25) is 4.79 Å². The molecule has 0 unspecified atom stereocenters. The van der Waals surface area contributed by atoms with E-state index in [4.69, 9.17) is 0 Å². The normalized spacial score (nSPS) is 11.8. The molecule has 0 fully saturated rings. The second-order valence-corrected chi connectivity index (χ2v) is 5.03. The molecule has 2 aromatic rings. The molecule has 104 valence electrons. The molecule has 5 nitrogen and oxygen atoms in total. The molecule has 0 aliphatic carbocycles. The number of carbonyl (C=O) groups excluding carboxylic acids is 1. The Balaban J connectivity index is 2.06. The molecule has 0 aliphatic rings. The van der Waals surface area contributed by atoms with Gasteiger partial charge in [0.1, 0.15) is 11.8 Å². The Labute approximate surface area is 119 Å². The summed E-state index contributed by atoms with van der Waals surface area (Å²) in [5, 5.41) is 24.3. The van der Waals surface area contributed by atoms with Crippen LogP contribution in [0.2, 0.25) is 0 Å². The molecule has 1 atom stereocenters. The number of hydrogen-bond donors (Lipinski definition) is 3. The number of hydrogen-bond acceptors (Lipinski definition) is 4. The van der Waals surface area contributed by atoms with Crippen molar-refractivity contribution >= 4 is 23.2 Å². The van der Waals surface area contributed by atoms with Gasteiger partial charge in [-0.2, -0.15) is 11.3 Å². The molecule has 3 N–H and O–H groups in total. The van der Waals surface area contributed by atoms with Gasteiger partial charge in [0.15, 0.2) is 0 Å². The van der Waals surface area contributed by atoms with Crippen molar-refractivity contribution in [1.82, 2.24) is 5.32 Å². The summed E-state index contributed by atoms with van der Waals surface area (Å²) in [5.41, 5.74) is 1.17. The first-order valence-electron chi connectivity index (χ1n) is 5.90. The van der Waals surface area contributed by atoms with E-state index in [2.05, 4.69) is 5.32 Å². The number of carbonyl (C=O) groups is 2. The van der Waals surface area contributed by atoms with E-state index in [1.165, 1.54) is 23.5 Å². The number of aliphatic carboxylic acids is 1. The molecule has 1 amide bonds. The monoisotopic (exact) mass is 291 g/mol. The van der Waals surface area contributed by atoms with Crippen LogP contribution >= 0.6 is 11.3 Å². The fraction of sp³-hybridized carbons (Fsp3) is 0.143. The average Bonchev–Trinajstić information content (AvgIpc) is 2.94. The first-order valence-corrected chi connectivity index (χ1v) is 6.84. The molecule has 2 rings (SSSR count). The lowest BCUT2D eigenvalue weighted by Crippen LogP contribution is -2.42. The number of thiophene rings is 1. The Bertz CT molecular complexity index is 592. The minimum Gasteiger partial charge on any atom is -0.508 e. The van der Waals surface area contributed by atoms with Crippen LogP contribution in [0.15, 0.2) is 41.1 Å². The molecule has 1 aromatic heterocycles. The van der Waals surface area contributed by atoms with E-state index >= 15 is 0 Å². The predicted octanol–water partition coefficient (Wildman–Crippen LogP) is 1.88. The Morgan fingerprint density at radius 1 is 1.20 bits per heavy atom. The first kappa shape index (κ1) is 14.1. The van der Waals surface area contributed by atoms with Crippen molar-refractivity contribution in [1.29, 1.82) is 0 Å². The van der Waals surface area contributed by atoms with Gasteiger partial charge in [-0.15, -0.1) is 0 Å². The lowest BCUT2D eigenvalue weighted by atomic mass is 10.1. The number of aromatic hydroxyl groups is 1. The van der Waals surface area contributed by atoms with Gasteiger partial charge in [0, 0.05) is 11.8 Å². The topological polar surface area (TPSA) is 86.6 Å². The van der Waals surface area contributed by atoms with E-state index in [1.807, 2.05) is 0 Å². The van der Waals surface area contributed by atoms with E-state index < -0.39 is 17.9 Å². The number of phenolic OH excluding ortho intramolecular Hbond substituents is 1. The van der Waals surface area contributed by atoms with Gasteiger partial charge in [-0.05, 0) is 29.1 Å². The summed E-state index contributed by atoms with van der Waals surface area (Å²) in [7, 11) is 0. The van der Waals surface area contributed by atoms with E-state index in [-0.39, 0.29) is 12.2 Å². The van der Waals surface area contributed by atoms with E-state index in [1.54, 1.807) is 29.0 Å². The number of carboxylic acid groups (broad SMARTS) is 1. The molecule has 0 aliphatic heterocycles. The van der Waals surface area contributed by atoms with Crippen molar-refractivity contribution in [3.05, 3.63) is 52.2 Å². The van der Waals surface area contributed by atoms with Crippen molar-refractivity contribution in [2.75, 3.05) is 0 Å². The molecule has 0 radical (unpaired) electrons. The summed E-state index contributed by atoms with van der Waals surface area (Å²) >= 11 is 1.37. The SMILES string of the molecule is O=C(N[C@@H](Cc1ccc(O)cc1)C(=O)O)c1ccsc1. The molecular weight excluding hydrogens is 278 g/mol. The standard InChI is InChI=1S/C14H13NO4S/c16-11-3-1-9(2-4-11)7-12(14(18)19)15-13(17)10-5-6-20-8-10/h1-6,8,12,16H,7H2,(H,15,17)(H,18,19)/t12-/m0/s1. The van der Waals surface area contributed by atoms with Crippen molar-refractivity contribution in [2.24, 2.45) is 0 Å². The second-order valence-electron chi connectivity index (χ2n) is 4.25. The van der Waals surface area contributed by atoms with Crippen LogP contribution in [-0.2, 0) is 11.2 Å². The third-order valence-corrected chi connectivity index (χ3v) is 3.45. The second kappa shape index (κ2) is 6.21. The van der Waals surface area contributed by atoms with Crippen molar-refractivity contribution in [3.63, 3.8) is 0 Å². The lowest BCUT2D eigenvalue weighted by Gasteiger charge is -2.14. The molecule has 0 bridgehead atoms. The van der Waals surface area contributed by atoms with Crippen molar-refractivity contribution in [3.8, 4) is 5.75 Å². The minimum atomic E-state index is -1.10. The van der Waals surface area contributed by atoms with Gasteiger partial charge in [0.2, 0.25) is 0 Å². The fourth-order valence-corrected chi connectivity index (χ4v) is 2.34. The predicted molar refractivity (Wildman–Crippen MR) is 75.0 cm³/mol. The Morgan fingerprint density at radius 3 is 2.45 bits per heavy atom. The van der Waals surface area contributed by atoms with Crippen molar-refractivity contribution in [2.45, 2.75) is 12.5 Å². The molecule has 0 spiro atoms. The summed E-state index contributed by atoms with van der Waals surface area (Å²) in [4.78, 5) is 23.1. The highest BCUT2D eigenvalue weighted by molar-refractivity contribution is 7.08. The van der Waals surface area contributed by atoms with Gasteiger partial charge < -0.3 is 15.5 Å². The number of rotatable bonds is 5. The van der Waals surface area contributed by atoms with Crippen LogP contribution in [0.1, 0.15) is 15.9 Å². The third-order valence-electron chi connectivity index (χ3n) is 2.76. The maximum atomic E-state index is 11.9. The Hall–Kier alpha value is -2.34. The van der Waals surface area contributed by atoms with Gasteiger partial charge in [-0.1, -0.05) is 12.1 Å². The lowest BCUT2D eigenvalue weighted by molar-refractivity contribution is -0.139. The van der Waals surface area contributed by atoms with Crippen LogP contribution in [0.3, 0.4) is 0 Å². The highest BCUT2D eigenvalue weighted by atomic mass is 32.1. The maximum absolute atomic E-state index is 11.9. The maximum Gasteiger partial charge on any atom is 0.326 e. The number of carboxylic acids is 1. The largest absolute Gasteiger partial charge is 0.508 e. The van der Waals surface area contributed by atoms with Gasteiger partial charge in [-0.25, -0.2) is 4.79 Å². The average molecular weight is 291 g/mol. The van der Waals surface area contributed by atoms with Crippen LogP contribution in [0.5, 0.6) is 5.75 Å². The summed E-state index contributed by atoms with van der Waals surface area (Å²) < 4.78 is 0. The summed E-state index contributed by atoms with van der Waals surface area (Å²) in [6.45, 7) is 0. The molecule has 1 heterocycles. The molecule has 6 heteroatoms. The zero-order valence-electron chi connectivity index (χ0n) is 10.4. The van der Waals surface area contributed by atoms with Crippen LogP contribution in [-0.4, -0.2) is 28.1 Å². The Kier molecular flexibility index (Phi) is 4.37. The fourth-order valence-electron chi connectivity index (χ4n) is 1.70. The van der Waals surface area contributed by atoms with Crippen LogP contribution < -0.4 is 5.32 Å². The molecule has 0 saturated carbocycles. The highest BCUT2D eigenvalue weighted by Crippen LogP contribution is 2.12. The molecular formula is C14H13NO4S. The number of benzene rings is 1. The van der Waals surface area contributed by atoms with Gasteiger partial charge in [0.25, 0.3) is 5.91 Å². The summed E-state index contributed by atoms with van der Waals surface area (Å²) in [5.74, 6) is -1.39. The van der Waals surface area contributed by atoms with E-state index in [9.17, 15) is 19.8 Å². The van der Waals surface area contributed by atoms with Crippen LogP contribution in [0.25, 0.3) is 0 Å². The Morgan fingerprint density at radius 2 is 1.90 bits per heavy atom. The molecule has 20 heavy (non-hydrogen) atoms. The van der Waals surface area contributed by atoms with Crippen LogP contribution in [0, 0.1) is 0 Å².